The van der Waals surface area contributed by atoms with Crippen molar-refractivity contribution in [2.45, 2.75) is 47.1 Å². The molecule has 2 aromatic carbocycles. The Labute approximate surface area is 165 Å². The van der Waals surface area contributed by atoms with Crippen LogP contribution >= 0.6 is 0 Å². The minimum atomic E-state index is 0.497. The lowest BCUT2D eigenvalue weighted by molar-refractivity contribution is 0.256. The molecule has 0 fully saturated rings. The second-order valence-electron chi connectivity index (χ2n) is 7.95. The average molecular weight is 370 g/mol. The van der Waals surface area contributed by atoms with Gasteiger partial charge in [-0.05, 0) is 42.9 Å². The lowest BCUT2D eigenvalue weighted by atomic mass is 10.1. The SMILES string of the molecule is CC(C)COc1ccc(CNCCCc2ccccc2)c(OCC(C)C)c1. The van der Waals surface area contributed by atoms with Crippen LogP contribution in [0.4, 0.5) is 0 Å². The van der Waals surface area contributed by atoms with E-state index in [9.17, 15) is 0 Å². The van der Waals surface area contributed by atoms with Crippen LogP contribution < -0.4 is 14.8 Å². The van der Waals surface area contributed by atoms with Crippen LogP contribution in [0, 0.1) is 11.8 Å². The van der Waals surface area contributed by atoms with E-state index in [1.807, 2.05) is 12.1 Å². The molecule has 27 heavy (non-hydrogen) atoms. The van der Waals surface area contributed by atoms with Gasteiger partial charge in [-0.25, -0.2) is 0 Å². The first-order valence-corrected chi connectivity index (χ1v) is 10.2. The Kier molecular flexibility index (Phi) is 9.20. The van der Waals surface area contributed by atoms with Gasteiger partial charge in [0.05, 0.1) is 13.2 Å². The molecular weight excluding hydrogens is 334 g/mol. The van der Waals surface area contributed by atoms with Crippen molar-refractivity contribution < 1.29 is 9.47 Å². The van der Waals surface area contributed by atoms with Crippen molar-refractivity contribution in [2.24, 2.45) is 11.8 Å². The highest BCUT2D eigenvalue weighted by atomic mass is 16.5. The fourth-order valence-electron chi connectivity index (χ4n) is 2.71. The Morgan fingerprint density at radius 2 is 1.56 bits per heavy atom. The zero-order valence-corrected chi connectivity index (χ0v) is 17.3. The van der Waals surface area contributed by atoms with Crippen LogP contribution in [0.1, 0.15) is 45.2 Å². The lowest BCUT2D eigenvalue weighted by Crippen LogP contribution is -2.17. The summed E-state index contributed by atoms with van der Waals surface area (Å²) in [5.41, 5.74) is 2.58. The molecule has 0 bridgehead atoms. The maximum absolute atomic E-state index is 6.05. The zero-order chi connectivity index (χ0) is 19.5. The van der Waals surface area contributed by atoms with Crippen LogP contribution in [-0.2, 0) is 13.0 Å². The summed E-state index contributed by atoms with van der Waals surface area (Å²) in [6, 6.07) is 16.8. The van der Waals surface area contributed by atoms with E-state index in [0.717, 1.165) is 44.0 Å². The second kappa shape index (κ2) is 11.7. The van der Waals surface area contributed by atoms with Crippen molar-refractivity contribution in [1.82, 2.24) is 5.32 Å². The Morgan fingerprint density at radius 3 is 2.26 bits per heavy atom. The van der Waals surface area contributed by atoms with Gasteiger partial charge in [-0.15, -0.1) is 0 Å². The van der Waals surface area contributed by atoms with Crippen molar-refractivity contribution in [1.29, 1.82) is 0 Å². The third-order valence-electron chi connectivity index (χ3n) is 4.17. The minimum Gasteiger partial charge on any atom is -0.493 e. The van der Waals surface area contributed by atoms with Crippen LogP contribution in [0.3, 0.4) is 0 Å². The highest BCUT2D eigenvalue weighted by Gasteiger charge is 2.08. The summed E-state index contributed by atoms with van der Waals surface area (Å²) in [5, 5.41) is 3.55. The standard InChI is InChI=1S/C24H35NO2/c1-19(2)17-26-23-13-12-22(24(15-23)27-18-20(3)4)16-25-14-8-11-21-9-6-5-7-10-21/h5-7,9-10,12-13,15,19-20,25H,8,11,14,16-18H2,1-4H3. The molecule has 0 aliphatic heterocycles. The molecule has 2 aromatic rings. The smallest absolute Gasteiger partial charge is 0.127 e. The van der Waals surface area contributed by atoms with Gasteiger partial charge < -0.3 is 14.8 Å². The first kappa shape index (κ1) is 21.3. The van der Waals surface area contributed by atoms with Gasteiger partial charge in [0.15, 0.2) is 0 Å². The minimum absolute atomic E-state index is 0.497. The maximum Gasteiger partial charge on any atom is 0.127 e. The van der Waals surface area contributed by atoms with Gasteiger partial charge in [-0.2, -0.15) is 0 Å². The highest BCUT2D eigenvalue weighted by molar-refractivity contribution is 5.40. The second-order valence-corrected chi connectivity index (χ2v) is 7.95. The normalized spacial score (nSPS) is 11.2. The molecule has 3 heteroatoms. The molecule has 0 aliphatic rings. The average Bonchev–Trinajstić information content (AvgIpc) is 2.66. The monoisotopic (exact) mass is 369 g/mol. The summed E-state index contributed by atoms with van der Waals surface area (Å²) in [6.07, 6.45) is 2.23. The highest BCUT2D eigenvalue weighted by Crippen LogP contribution is 2.26. The molecule has 0 spiro atoms. The summed E-state index contributed by atoms with van der Waals surface area (Å²) < 4.78 is 11.9. The lowest BCUT2D eigenvalue weighted by Gasteiger charge is -2.16. The van der Waals surface area contributed by atoms with Crippen molar-refractivity contribution in [2.75, 3.05) is 19.8 Å². The third-order valence-corrected chi connectivity index (χ3v) is 4.17. The Bertz CT molecular complexity index is 653. The van der Waals surface area contributed by atoms with Gasteiger partial charge in [-0.1, -0.05) is 64.1 Å². The van der Waals surface area contributed by atoms with E-state index in [1.165, 1.54) is 11.1 Å². The fourth-order valence-corrected chi connectivity index (χ4v) is 2.71. The molecule has 0 saturated heterocycles. The van der Waals surface area contributed by atoms with E-state index >= 15 is 0 Å². The number of ether oxygens (including phenoxy) is 2. The van der Waals surface area contributed by atoms with E-state index in [-0.39, 0.29) is 0 Å². The Hall–Kier alpha value is -2.00. The molecule has 0 aliphatic carbocycles. The van der Waals surface area contributed by atoms with Crippen molar-refractivity contribution in [3.05, 3.63) is 59.7 Å². The van der Waals surface area contributed by atoms with Crippen LogP contribution in [-0.4, -0.2) is 19.8 Å². The predicted octanol–water partition coefficient (Wildman–Crippen LogP) is 5.48. The zero-order valence-electron chi connectivity index (χ0n) is 17.3. The quantitative estimate of drug-likeness (QED) is 0.503. The first-order valence-electron chi connectivity index (χ1n) is 10.2. The summed E-state index contributed by atoms with van der Waals surface area (Å²) >= 11 is 0. The largest absolute Gasteiger partial charge is 0.493 e. The number of hydrogen-bond donors (Lipinski definition) is 1. The predicted molar refractivity (Wildman–Crippen MR) is 114 cm³/mol. The molecular formula is C24H35NO2. The summed E-state index contributed by atoms with van der Waals surface area (Å²) in [6.45, 7) is 11.9. The number of rotatable bonds is 12. The molecule has 1 N–H and O–H groups in total. The van der Waals surface area contributed by atoms with Crippen molar-refractivity contribution in [3.8, 4) is 11.5 Å². The molecule has 2 rings (SSSR count). The van der Waals surface area contributed by atoms with E-state index < -0.39 is 0 Å². The number of aryl methyl sites for hydroxylation is 1. The summed E-state index contributed by atoms with van der Waals surface area (Å²) in [4.78, 5) is 0. The third kappa shape index (κ3) is 8.49. The fraction of sp³-hybridized carbons (Fsp3) is 0.500. The Balaban J connectivity index is 1.86. The first-order chi connectivity index (χ1) is 13.0. The van der Waals surface area contributed by atoms with Crippen LogP contribution in [0.2, 0.25) is 0 Å². The van der Waals surface area contributed by atoms with Crippen molar-refractivity contribution in [3.63, 3.8) is 0 Å². The molecule has 0 saturated carbocycles. The molecule has 3 nitrogen and oxygen atoms in total. The molecule has 0 atom stereocenters. The van der Waals surface area contributed by atoms with Gasteiger partial charge in [-0.3, -0.25) is 0 Å². The molecule has 0 amide bonds. The van der Waals surface area contributed by atoms with E-state index in [1.54, 1.807) is 0 Å². The number of hydrogen-bond acceptors (Lipinski definition) is 3. The van der Waals surface area contributed by atoms with Gasteiger partial charge in [0.1, 0.15) is 11.5 Å². The van der Waals surface area contributed by atoms with E-state index in [0.29, 0.717) is 18.4 Å². The Morgan fingerprint density at radius 1 is 0.852 bits per heavy atom. The van der Waals surface area contributed by atoms with Crippen LogP contribution in [0.25, 0.3) is 0 Å². The van der Waals surface area contributed by atoms with E-state index in [2.05, 4.69) is 69.4 Å². The molecule has 148 valence electrons. The van der Waals surface area contributed by atoms with Gasteiger partial charge in [0.25, 0.3) is 0 Å². The van der Waals surface area contributed by atoms with Gasteiger partial charge >= 0.3 is 0 Å². The maximum atomic E-state index is 6.05. The molecule has 0 unspecified atom stereocenters. The molecule has 0 heterocycles. The number of benzene rings is 2. The molecule has 0 aromatic heterocycles. The number of nitrogens with one attached hydrogen (secondary N) is 1. The van der Waals surface area contributed by atoms with Crippen LogP contribution in [0.5, 0.6) is 11.5 Å². The molecule has 0 radical (unpaired) electrons. The topological polar surface area (TPSA) is 30.5 Å². The van der Waals surface area contributed by atoms with Crippen LogP contribution in [0.15, 0.2) is 48.5 Å². The van der Waals surface area contributed by atoms with E-state index in [4.69, 9.17) is 9.47 Å². The van der Waals surface area contributed by atoms with Gasteiger partial charge in [0.2, 0.25) is 0 Å². The van der Waals surface area contributed by atoms with Crippen molar-refractivity contribution >= 4 is 0 Å². The summed E-state index contributed by atoms with van der Waals surface area (Å²) in [5.74, 6) is 2.82. The summed E-state index contributed by atoms with van der Waals surface area (Å²) in [7, 11) is 0. The van der Waals surface area contributed by atoms with Gasteiger partial charge in [0, 0.05) is 18.2 Å².